The maximum atomic E-state index is 11.6. The Morgan fingerprint density at radius 1 is 1.33 bits per heavy atom. The number of nitrogens with one attached hydrogen (secondary N) is 1. The van der Waals surface area contributed by atoms with Crippen molar-refractivity contribution < 1.29 is 14.7 Å². The van der Waals surface area contributed by atoms with Crippen LogP contribution in [0.2, 0.25) is 0 Å². The second kappa shape index (κ2) is 6.27. The topological polar surface area (TPSA) is 69.6 Å². The predicted molar refractivity (Wildman–Crippen MR) is 57.8 cm³/mol. The van der Waals surface area contributed by atoms with Gasteiger partial charge in [-0.2, -0.15) is 0 Å². The molecule has 0 spiro atoms. The molecule has 0 aliphatic rings. The summed E-state index contributed by atoms with van der Waals surface area (Å²) in [6, 6.07) is -1.05. The lowest BCUT2D eigenvalue weighted by atomic mass is 10.2. The molecule has 2 N–H and O–H groups in total. The van der Waals surface area contributed by atoms with Crippen molar-refractivity contribution in [3.63, 3.8) is 0 Å². The molecule has 0 aromatic carbocycles. The van der Waals surface area contributed by atoms with Crippen LogP contribution in [0.3, 0.4) is 0 Å². The molecule has 5 nitrogen and oxygen atoms in total. The summed E-state index contributed by atoms with van der Waals surface area (Å²) in [5.41, 5.74) is 0. The lowest BCUT2D eigenvalue weighted by Crippen LogP contribution is -2.49. The first-order chi connectivity index (χ1) is 6.93. The molecular weight excluding hydrogens is 196 g/mol. The van der Waals surface area contributed by atoms with Gasteiger partial charge in [0.25, 0.3) is 0 Å². The number of hydrogen-bond donors (Lipinski definition) is 2. The molecule has 0 aliphatic heterocycles. The molecule has 0 rings (SSSR count). The normalized spacial score (nSPS) is 14.1. The molecule has 0 bridgehead atoms. The molecule has 0 saturated heterocycles. The van der Waals surface area contributed by atoms with Gasteiger partial charge in [0.2, 0.25) is 0 Å². The first kappa shape index (κ1) is 13.7. The van der Waals surface area contributed by atoms with Crippen molar-refractivity contribution in [2.45, 2.75) is 46.2 Å². The summed E-state index contributed by atoms with van der Waals surface area (Å²) >= 11 is 0. The molecule has 5 heteroatoms. The van der Waals surface area contributed by atoms with Gasteiger partial charge in [0.1, 0.15) is 6.04 Å². The van der Waals surface area contributed by atoms with Crippen LogP contribution in [-0.4, -0.2) is 40.6 Å². The van der Waals surface area contributed by atoms with Crippen molar-refractivity contribution >= 4 is 12.0 Å². The average Bonchev–Trinajstić information content (AvgIpc) is 2.18. The highest BCUT2D eigenvalue weighted by atomic mass is 16.4. The molecular formula is C10H20N2O3. The van der Waals surface area contributed by atoms with Gasteiger partial charge < -0.3 is 15.3 Å². The number of hydrogen-bond acceptors (Lipinski definition) is 2. The zero-order valence-electron chi connectivity index (χ0n) is 9.78. The zero-order chi connectivity index (χ0) is 12.0. The van der Waals surface area contributed by atoms with Gasteiger partial charge in [0.05, 0.1) is 0 Å². The van der Waals surface area contributed by atoms with Crippen molar-refractivity contribution in [2.75, 3.05) is 6.54 Å². The number of amides is 2. The summed E-state index contributed by atoms with van der Waals surface area (Å²) < 4.78 is 0. The van der Waals surface area contributed by atoms with Crippen LogP contribution >= 0.6 is 0 Å². The van der Waals surface area contributed by atoms with Crippen LogP contribution < -0.4 is 5.32 Å². The van der Waals surface area contributed by atoms with Gasteiger partial charge in [-0.1, -0.05) is 6.92 Å². The Morgan fingerprint density at radius 3 is 2.20 bits per heavy atom. The first-order valence-electron chi connectivity index (χ1n) is 5.23. The molecule has 15 heavy (non-hydrogen) atoms. The smallest absolute Gasteiger partial charge is 0.325 e. The number of nitrogens with zero attached hydrogens (tertiary/aromatic N) is 1. The van der Waals surface area contributed by atoms with E-state index < -0.39 is 12.0 Å². The van der Waals surface area contributed by atoms with Crippen molar-refractivity contribution in [3.8, 4) is 0 Å². The molecule has 0 heterocycles. The average molecular weight is 216 g/mol. The van der Waals surface area contributed by atoms with Crippen LogP contribution in [0.4, 0.5) is 4.79 Å². The van der Waals surface area contributed by atoms with Crippen LogP contribution in [0.5, 0.6) is 0 Å². The van der Waals surface area contributed by atoms with E-state index in [1.54, 1.807) is 4.90 Å². The van der Waals surface area contributed by atoms with Crippen molar-refractivity contribution in [3.05, 3.63) is 0 Å². The van der Waals surface area contributed by atoms with Gasteiger partial charge in [-0.3, -0.25) is 4.79 Å². The van der Waals surface area contributed by atoms with E-state index in [0.29, 0.717) is 6.54 Å². The number of rotatable bonds is 5. The summed E-state index contributed by atoms with van der Waals surface area (Å²) in [6.07, 6.45) is 0.850. The molecule has 2 amide bonds. The Balaban J connectivity index is 4.34. The maximum Gasteiger partial charge on any atom is 0.325 e. The van der Waals surface area contributed by atoms with Crippen LogP contribution in [-0.2, 0) is 4.79 Å². The molecule has 0 aromatic heterocycles. The van der Waals surface area contributed by atoms with E-state index >= 15 is 0 Å². The highest BCUT2D eigenvalue weighted by Gasteiger charge is 2.20. The number of carboxylic acid groups (broad SMARTS) is 1. The predicted octanol–water partition coefficient (Wildman–Crippen LogP) is 1.29. The number of urea groups is 1. The van der Waals surface area contributed by atoms with Gasteiger partial charge in [0.15, 0.2) is 0 Å². The van der Waals surface area contributed by atoms with E-state index in [4.69, 9.17) is 5.11 Å². The number of carboxylic acids is 1. The molecule has 0 aliphatic carbocycles. The van der Waals surface area contributed by atoms with Gasteiger partial charge in [0, 0.05) is 12.6 Å². The second-order valence-electron chi connectivity index (χ2n) is 3.55. The summed E-state index contributed by atoms with van der Waals surface area (Å²) in [4.78, 5) is 23.8. The fourth-order valence-corrected chi connectivity index (χ4v) is 1.21. The Bertz CT molecular complexity index is 231. The third kappa shape index (κ3) is 4.18. The summed E-state index contributed by atoms with van der Waals surface area (Å²) in [5.74, 6) is -1.02. The lowest BCUT2D eigenvalue weighted by molar-refractivity contribution is -0.138. The zero-order valence-corrected chi connectivity index (χ0v) is 9.78. The van der Waals surface area contributed by atoms with E-state index in [2.05, 4.69) is 5.32 Å². The molecule has 0 fully saturated rings. The quantitative estimate of drug-likeness (QED) is 0.727. The Labute approximate surface area is 90.5 Å². The molecule has 2 atom stereocenters. The third-order valence-corrected chi connectivity index (χ3v) is 2.43. The lowest BCUT2D eigenvalue weighted by Gasteiger charge is -2.28. The molecule has 88 valence electrons. The summed E-state index contributed by atoms with van der Waals surface area (Å²) in [6.45, 7) is 7.82. The SMILES string of the molecule is CCC(C)N(CC)C(=O)N[C@H](C)C(=O)O. The summed E-state index contributed by atoms with van der Waals surface area (Å²) in [5, 5.41) is 11.1. The van der Waals surface area contributed by atoms with E-state index in [0.717, 1.165) is 6.42 Å². The molecule has 1 unspecified atom stereocenters. The van der Waals surface area contributed by atoms with E-state index in [1.807, 2.05) is 20.8 Å². The number of aliphatic carboxylic acids is 1. The largest absolute Gasteiger partial charge is 0.480 e. The number of carbonyl (C=O) groups excluding carboxylic acids is 1. The van der Waals surface area contributed by atoms with Crippen molar-refractivity contribution in [2.24, 2.45) is 0 Å². The van der Waals surface area contributed by atoms with Gasteiger partial charge in [-0.15, -0.1) is 0 Å². The highest BCUT2D eigenvalue weighted by molar-refractivity contribution is 5.82. The standard InChI is InChI=1S/C10H20N2O3/c1-5-7(3)12(6-2)10(15)11-8(4)9(13)14/h7-8H,5-6H2,1-4H3,(H,11,15)(H,13,14)/t7?,8-/m1/s1. The fraction of sp³-hybridized carbons (Fsp3) is 0.800. The van der Waals surface area contributed by atoms with E-state index in [1.165, 1.54) is 6.92 Å². The van der Waals surface area contributed by atoms with Crippen molar-refractivity contribution in [1.82, 2.24) is 10.2 Å². The minimum Gasteiger partial charge on any atom is -0.480 e. The van der Waals surface area contributed by atoms with Crippen molar-refractivity contribution in [1.29, 1.82) is 0 Å². The van der Waals surface area contributed by atoms with Gasteiger partial charge >= 0.3 is 12.0 Å². The van der Waals surface area contributed by atoms with Gasteiger partial charge in [-0.25, -0.2) is 4.79 Å². The monoisotopic (exact) mass is 216 g/mol. The van der Waals surface area contributed by atoms with Crippen LogP contribution in [0.1, 0.15) is 34.1 Å². The third-order valence-electron chi connectivity index (χ3n) is 2.43. The Hall–Kier alpha value is -1.26. The van der Waals surface area contributed by atoms with E-state index in [9.17, 15) is 9.59 Å². The fourth-order valence-electron chi connectivity index (χ4n) is 1.21. The maximum absolute atomic E-state index is 11.6. The Kier molecular flexibility index (Phi) is 5.74. The van der Waals surface area contributed by atoms with Crippen LogP contribution in [0.15, 0.2) is 0 Å². The molecule has 0 radical (unpaired) electrons. The number of carbonyl (C=O) groups is 2. The summed E-state index contributed by atoms with van der Waals surface area (Å²) in [7, 11) is 0. The molecule has 0 aromatic rings. The van der Waals surface area contributed by atoms with E-state index in [-0.39, 0.29) is 12.1 Å². The first-order valence-corrected chi connectivity index (χ1v) is 5.23. The Morgan fingerprint density at radius 2 is 1.87 bits per heavy atom. The van der Waals surface area contributed by atoms with Crippen LogP contribution in [0, 0.1) is 0 Å². The van der Waals surface area contributed by atoms with Crippen LogP contribution in [0.25, 0.3) is 0 Å². The molecule has 0 saturated carbocycles. The minimum atomic E-state index is -1.02. The minimum absolute atomic E-state index is 0.121. The van der Waals surface area contributed by atoms with Gasteiger partial charge in [-0.05, 0) is 27.2 Å². The highest BCUT2D eigenvalue weighted by Crippen LogP contribution is 2.03. The second-order valence-corrected chi connectivity index (χ2v) is 3.55.